The van der Waals surface area contributed by atoms with Crippen molar-refractivity contribution in [2.24, 2.45) is 0 Å². The second kappa shape index (κ2) is 3.30. The van der Waals surface area contributed by atoms with Crippen LogP contribution in [0, 0.1) is 0 Å². The van der Waals surface area contributed by atoms with Crippen molar-refractivity contribution in [3.8, 4) is 0 Å². The van der Waals surface area contributed by atoms with Crippen molar-refractivity contribution in [3.63, 3.8) is 0 Å². The minimum atomic E-state index is 0.271. The van der Waals surface area contributed by atoms with E-state index < -0.39 is 0 Å². The maximum absolute atomic E-state index is 9.54. The van der Waals surface area contributed by atoms with Gasteiger partial charge < -0.3 is 0 Å². The van der Waals surface area contributed by atoms with Crippen molar-refractivity contribution in [1.29, 1.82) is 0 Å². The Bertz CT molecular complexity index is 64.6. The Labute approximate surface area is 40.6 Å². The van der Waals surface area contributed by atoms with Gasteiger partial charge in [-0.05, 0) is 0 Å². The lowest BCUT2D eigenvalue weighted by Crippen LogP contribution is -2.17. The summed E-state index contributed by atoms with van der Waals surface area (Å²) in [5.74, 6) is 0. The van der Waals surface area contributed by atoms with Gasteiger partial charge in [-0.1, -0.05) is 0 Å². The summed E-state index contributed by atoms with van der Waals surface area (Å²) in [6.45, 7) is 0. The molecule has 0 aromatic rings. The average Bonchev–Trinajstić information content (AvgIpc) is 1.72. The standard InChI is InChI=1S/C3H5NO3/c1-7-4(2-5)3-6/h2-3H,1H3. The number of hydroxylamine groups is 2. The third-order valence-electron chi connectivity index (χ3n) is 0.419. The molecule has 40 valence electrons. The van der Waals surface area contributed by atoms with Crippen molar-refractivity contribution in [3.05, 3.63) is 0 Å². The molecule has 0 aliphatic rings. The number of rotatable bonds is 3. The number of nitrogens with zero attached hydrogens (tertiary/aromatic N) is 1. The van der Waals surface area contributed by atoms with Crippen molar-refractivity contribution in [2.75, 3.05) is 7.11 Å². The predicted molar refractivity (Wildman–Crippen MR) is 21.0 cm³/mol. The summed E-state index contributed by atoms with van der Waals surface area (Å²) in [6.07, 6.45) is 0.542. The monoisotopic (exact) mass is 103 g/mol. The molecular weight excluding hydrogens is 98.0 g/mol. The predicted octanol–water partition coefficient (Wildman–Crippen LogP) is -0.837. The number of hydrogen-bond acceptors (Lipinski definition) is 3. The van der Waals surface area contributed by atoms with E-state index in [-0.39, 0.29) is 12.8 Å². The van der Waals surface area contributed by atoms with Gasteiger partial charge in [0.2, 0.25) is 12.8 Å². The summed E-state index contributed by atoms with van der Waals surface area (Å²) in [4.78, 5) is 23.2. The first-order valence-corrected chi connectivity index (χ1v) is 1.58. The first-order chi connectivity index (χ1) is 3.35. The van der Waals surface area contributed by atoms with Crippen molar-refractivity contribution in [1.82, 2.24) is 5.06 Å². The Morgan fingerprint density at radius 2 is 1.86 bits per heavy atom. The minimum absolute atomic E-state index is 0.271. The van der Waals surface area contributed by atoms with Gasteiger partial charge in [0.1, 0.15) is 0 Å². The molecule has 0 bridgehead atoms. The molecule has 4 heteroatoms. The van der Waals surface area contributed by atoms with Crippen LogP contribution in [0.25, 0.3) is 0 Å². The highest BCUT2D eigenvalue weighted by molar-refractivity contribution is 5.66. The summed E-state index contributed by atoms with van der Waals surface area (Å²) < 4.78 is 0. The Morgan fingerprint density at radius 3 is 1.86 bits per heavy atom. The van der Waals surface area contributed by atoms with Crippen molar-refractivity contribution in [2.45, 2.75) is 0 Å². The molecular formula is C3H5NO3. The van der Waals surface area contributed by atoms with E-state index in [1.165, 1.54) is 7.11 Å². The molecule has 0 spiro atoms. The van der Waals surface area contributed by atoms with Crippen LogP contribution in [0.15, 0.2) is 0 Å². The van der Waals surface area contributed by atoms with Gasteiger partial charge in [0.25, 0.3) is 0 Å². The molecule has 0 rings (SSSR count). The summed E-state index contributed by atoms with van der Waals surface area (Å²) in [7, 11) is 1.23. The van der Waals surface area contributed by atoms with E-state index in [0.717, 1.165) is 0 Å². The Morgan fingerprint density at radius 1 is 1.43 bits per heavy atom. The van der Waals surface area contributed by atoms with Crippen LogP contribution in [-0.2, 0) is 14.4 Å². The van der Waals surface area contributed by atoms with Crippen LogP contribution in [0.2, 0.25) is 0 Å². The van der Waals surface area contributed by atoms with Crippen molar-refractivity contribution >= 4 is 12.8 Å². The molecule has 0 saturated carbocycles. The van der Waals surface area contributed by atoms with E-state index in [4.69, 9.17) is 0 Å². The molecule has 0 fully saturated rings. The lowest BCUT2D eigenvalue weighted by molar-refractivity contribution is -0.167. The molecule has 0 radical (unpaired) electrons. The zero-order valence-corrected chi connectivity index (χ0v) is 3.83. The third-order valence-corrected chi connectivity index (χ3v) is 0.419. The third kappa shape index (κ3) is 1.88. The molecule has 0 saturated heterocycles. The summed E-state index contributed by atoms with van der Waals surface area (Å²) in [5.41, 5.74) is 0. The fourth-order valence-corrected chi connectivity index (χ4v) is 0.111. The number of carbonyl (C=O) groups excluding carboxylic acids is 2. The van der Waals surface area contributed by atoms with E-state index in [1.807, 2.05) is 0 Å². The summed E-state index contributed by atoms with van der Waals surface area (Å²) in [5, 5.41) is 0.514. The van der Waals surface area contributed by atoms with E-state index in [1.54, 1.807) is 0 Å². The first-order valence-electron chi connectivity index (χ1n) is 1.58. The van der Waals surface area contributed by atoms with Crippen LogP contribution >= 0.6 is 0 Å². The zero-order valence-electron chi connectivity index (χ0n) is 3.83. The molecule has 0 aromatic heterocycles. The van der Waals surface area contributed by atoms with Crippen LogP contribution in [-0.4, -0.2) is 25.0 Å². The summed E-state index contributed by atoms with van der Waals surface area (Å²) in [6, 6.07) is 0. The second-order valence-corrected chi connectivity index (χ2v) is 0.753. The normalized spacial score (nSPS) is 7.57. The van der Waals surface area contributed by atoms with E-state index in [2.05, 4.69) is 4.84 Å². The van der Waals surface area contributed by atoms with Gasteiger partial charge in [-0.15, -0.1) is 0 Å². The van der Waals surface area contributed by atoms with Gasteiger partial charge in [-0.25, -0.2) is 0 Å². The molecule has 0 aliphatic heterocycles. The molecule has 0 heterocycles. The van der Waals surface area contributed by atoms with Gasteiger partial charge in [-0.3, -0.25) is 14.4 Å². The first kappa shape index (κ1) is 6.10. The molecule has 2 amide bonds. The van der Waals surface area contributed by atoms with Crippen LogP contribution in [0.1, 0.15) is 0 Å². The van der Waals surface area contributed by atoms with E-state index >= 15 is 0 Å². The number of amides is 2. The SMILES string of the molecule is CON(C=O)C=O. The molecule has 7 heavy (non-hydrogen) atoms. The minimum Gasteiger partial charge on any atom is -0.276 e. The van der Waals surface area contributed by atoms with Gasteiger partial charge in [-0.2, -0.15) is 5.06 Å². The van der Waals surface area contributed by atoms with E-state index in [0.29, 0.717) is 5.06 Å². The zero-order chi connectivity index (χ0) is 5.70. The Hall–Kier alpha value is -0.900. The molecule has 0 unspecified atom stereocenters. The quantitative estimate of drug-likeness (QED) is 0.345. The Kier molecular flexibility index (Phi) is 2.87. The largest absolute Gasteiger partial charge is 0.276 e. The van der Waals surface area contributed by atoms with Crippen LogP contribution in [0.5, 0.6) is 0 Å². The van der Waals surface area contributed by atoms with Crippen molar-refractivity contribution < 1.29 is 14.4 Å². The highest BCUT2D eigenvalue weighted by Gasteiger charge is 1.89. The van der Waals surface area contributed by atoms with Crippen LogP contribution < -0.4 is 0 Å². The van der Waals surface area contributed by atoms with Crippen LogP contribution in [0.4, 0.5) is 0 Å². The fourth-order valence-electron chi connectivity index (χ4n) is 0.111. The number of carbonyl (C=O) groups is 2. The average molecular weight is 103 g/mol. The molecule has 4 nitrogen and oxygen atoms in total. The lowest BCUT2D eigenvalue weighted by Gasteiger charge is -1.99. The summed E-state index contributed by atoms with van der Waals surface area (Å²) >= 11 is 0. The van der Waals surface area contributed by atoms with Gasteiger partial charge in [0.05, 0.1) is 7.11 Å². The molecule has 0 atom stereocenters. The highest BCUT2D eigenvalue weighted by Crippen LogP contribution is 1.69. The molecule has 0 N–H and O–H groups in total. The maximum Gasteiger partial charge on any atom is 0.240 e. The molecule has 0 aromatic carbocycles. The van der Waals surface area contributed by atoms with Gasteiger partial charge in [0.15, 0.2) is 0 Å². The maximum atomic E-state index is 9.54. The van der Waals surface area contributed by atoms with Gasteiger partial charge >= 0.3 is 0 Å². The smallest absolute Gasteiger partial charge is 0.240 e. The van der Waals surface area contributed by atoms with Crippen LogP contribution in [0.3, 0.4) is 0 Å². The van der Waals surface area contributed by atoms with E-state index in [9.17, 15) is 9.59 Å². The second-order valence-electron chi connectivity index (χ2n) is 0.753. The van der Waals surface area contributed by atoms with Gasteiger partial charge in [0, 0.05) is 0 Å². The highest BCUT2D eigenvalue weighted by atomic mass is 16.7. The number of hydrogen-bond donors (Lipinski definition) is 0. The topological polar surface area (TPSA) is 46.6 Å². The fraction of sp³-hybridized carbons (Fsp3) is 0.333. The Balaban J connectivity index is 3.36. The lowest BCUT2D eigenvalue weighted by atomic mass is 11.1. The molecule has 0 aliphatic carbocycles. The number of imide groups is 1.